The molecule has 2 aromatic carbocycles. The number of rotatable bonds is 6. The second-order valence-corrected chi connectivity index (χ2v) is 12.1. The van der Waals surface area contributed by atoms with Crippen molar-refractivity contribution in [1.82, 2.24) is 4.31 Å². The van der Waals surface area contributed by atoms with Gasteiger partial charge in [0.05, 0.1) is 0 Å². The maximum Gasteiger partial charge on any atom is 0.421 e. The summed E-state index contributed by atoms with van der Waals surface area (Å²) in [4.78, 5) is 2.04. The summed E-state index contributed by atoms with van der Waals surface area (Å²) in [5.74, 6) is 0. The van der Waals surface area contributed by atoms with Gasteiger partial charge in [-0.2, -0.15) is 17.5 Å². The summed E-state index contributed by atoms with van der Waals surface area (Å²) in [5.41, 5.74) is -0.390. The molecule has 10 heteroatoms. The predicted molar refractivity (Wildman–Crippen MR) is 131 cm³/mol. The van der Waals surface area contributed by atoms with E-state index >= 15 is 0 Å². The van der Waals surface area contributed by atoms with E-state index < -0.39 is 21.8 Å². The van der Waals surface area contributed by atoms with E-state index in [2.05, 4.69) is 6.07 Å². The van der Waals surface area contributed by atoms with Gasteiger partial charge in [0.15, 0.2) is 5.60 Å². The molecule has 2 atom stereocenters. The second kappa shape index (κ2) is 9.57. The number of thiophene rings is 1. The van der Waals surface area contributed by atoms with E-state index in [0.29, 0.717) is 22.9 Å². The van der Waals surface area contributed by atoms with Crippen molar-refractivity contribution in [2.75, 3.05) is 24.5 Å². The first kappa shape index (κ1) is 25.7. The zero-order valence-corrected chi connectivity index (χ0v) is 21.0. The maximum atomic E-state index is 13.3. The maximum absolute atomic E-state index is 13.3. The monoisotopic (exact) mass is 524 g/mol. The molecule has 0 bridgehead atoms. The number of benzene rings is 2. The molecule has 0 radical (unpaired) electrons. The van der Waals surface area contributed by atoms with Crippen LogP contribution in [-0.2, 0) is 22.0 Å². The summed E-state index contributed by atoms with van der Waals surface area (Å²) >= 11 is 1.17. The van der Waals surface area contributed by atoms with Gasteiger partial charge in [0.25, 0.3) is 10.0 Å². The molecule has 1 saturated heterocycles. The Hall–Kier alpha value is -2.40. The molecule has 2 unspecified atom stereocenters. The van der Waals surface area contributed by atoms with Gasteiger partial charge in [0.2, 0.25) is 0 Å². The molecule has 188 valence electrons. The van der Waals surface area contributed by atoms with Crippen LogP contribution in [0.4, 0.5) is 18.9 Å². The Balaban J connectivity index is 1.64. The number of hydrogen-bond acceptors (Lipinski definition) is 5. The Labute approximate surface area is 207 Å². The van der Waals surface area contributed by atoms with Crippen LogP contribution in [0.25, 0.3) is 0 Å². The SMILES string of the molecule is Cc1cccc(CC2CN(S(=O)(=O)c3cccs3)CCN2c2ccc(C(C)(O)C(F)(F)F)cc2)c1. The lowest BCUT2D eigenvalue weighted by Gasteiger charge is -2.42. The van der Waals surface area contributed by atoms with Crippen LogP contribution in [-0.4, -0.2) is 49.7 Å². The zero-order valence-electron chi connectivity index (χ0n) is 19.4. The second-order valence-electron chi connectivity index (χ2n) is 8.95. The van der Waals surface area contributed by atoms with Crippen molar-refractivity contribution in [2.45, 2.75) is 42.3 Å². The van der Waals surface area contributed by atoms with Crippen molar-refractivity contribution >= 4 is 27.0 Å². The number of halogens is 3. The van der Waals surface area contributed by atoms with Gasteiger partial charge < -0.3 is 10.0 Å². The van der Waals surface area contributed by atoms with Gasteiger partial charge in [-0.05, 0) is 55.0 Å². The summed E-state index contributed by atoms with van der Waals surface area (Å²) in [6.45, 7) is 3.61. The Morgan fingerprint density at radius 3 is 2.37 bits per heavy atom. The molecule has 1 aliphatic rings. The summed E-state index contributed by atoms with van der Waals surface area (Å²) in [6, 6.07) is 16.7. The third kappa shape index (κ3) is 5.25. The minimum atomic E-state index is -4.80. The summed E-state index contributed by atoms with van der Waals surface area (Å²) in [6.07, 6.45) is -4.23. The Kier molecular flexibility index (Phi) is 7.02. The van der Waals surface area contributed by atoms with E-state index in [1.807, 2.05) is 30.0 Å². The molecule has 3 aromatic rings. The van der Waals surface area contributed by atoms with Crippen molar-refractivity contribution in [1.29, 1.82) is 0 Å². The minimum absolute atomic E-state index is 0.228. The normalized spacial score (nSPS) is 19.5. The lowest BCUT2D eigenvalue weighted by molar-refractivity contribution is -0.258. The number of aliphatic hydroxyl groups is 1. The molecule has 0 spiro atoms. The molecule has 0 saturated carbocycles. The average Bonchev–Trinajstić information content (AvgIpc) is 3.34. The lowest BCUT2D eigenvalue weighted by atomic mass is 9.94. The molecule has 1 fully saturated rings. The number of sulfonamides is 1. The van der Waals surface area contributed by atoms with Crippen molar-refractivity contribution in [2.24, 2.45) is 0 Å². The molecule has 0 aliphatic carbocycles. The van der Waals surface area contributed by atoms with Gasteiger partial charge >= 0.3 is 6.18 Å². The van der Waals surface area contributed by atoms with Crippen LogP contribution < -0.4 is 4.90 Å². The number of anilines is 1. The van der Waals surface area contributed by atoms with Crippen LogP contribution in [0.15, 0.2) is 70.3 Å². The highest BCUT2D eigenvalue weighted by atomic mass is 32.2. The fraction of sp³-hybridized carbons (Fsp3) is 0.360. The third-order valence-electron chi connectivity index (χ3n) is 6.40. The molecule has 0 amide bonds. The molecular weight excluding hydrogens is 497 g/mol. The van der Waals surface area contributed by atoms with Crippen LogP contribution in [0.1, 0.15) is 23.6 Å². The fourth-order valence-electron chi connectivity index (χ4n) is 4.35. The summed E-state index contributed by atoms with van der Waals surface area (Å²) in [7, 11) is -3.63. The van der Waals surface area contributed by atoms with Crippen molar-refractivity contribution in [3.05, 3.63) is 82.7 Å². The predicted octanol–water partition coefficient (Wildman–Crippen LogP) is 4.95. The summed E-state index contributed by atoms with van der Waals surface area (Å²) in [5, 5.41) is 11.7. The van der Waals surface area contributed by atoms with Gasteiger partial charge in [0, 0.05) is 31.4 Å². The highest BCUT2D eigenvalue weighted by molar-refractivity contribution is 7.91. The van der Waals surface area contributed by atoms with Gasteiger partial charge in [-0.25, -0.2) is 8.42 Å². The summed E-state index contributed by atoms with van der Waals surface area (Å²) < 4.78 is 67.9. The molecule has 1 N–H and O–H groups in total. The number of aryl methyl sites for hydroxylation is 1. The molecule has 4 rings (SSSR count). The van der Waals surface area contributed by atoms with Gasteiger partial charge in [0.1, 0.15) is 4.21 Å². The van der Waals surface area contributed by atoms with Crippen LogP contribution in [0.2, 0.25) is 0 Å². The van der Waals surface area contributed by atoms with Crippen LogP contribution in [0.5, 0.6) is 0 Å². The third-order valence-corrected chi connectivity index (χ3v) is 9.64. The lowest BCUT2D eigenvalue weighted by Crippen LogP contribution is -2.55. The van der Waals surface area contributed by atoms with E-state index in [1.54, 1.807) is 29.6 Å². The minimum Gasteiger partial charge on any atom is -0.376 e. The number of piperazine rings is 1. The van der Waals surface area contributed by atoms with E-state index in [1.165, 1.54) is 27.8 Å². The fourth-order valence-corrected chi connectivity index (χ4v) is 6.96. The van der Waals surface area contributed by atoms with E-state index in [9.17, 15) is 26.7 Å². The smallest absolute Gasteiger partial charge is 0.376 e. The number of hydrogen-bond donors (Lipinski definition) is 1. The highest BCUT2D eigenvalue weighted by Gasteiger charge is 2.51. The van der Waals surface area contributed by atoms with Gasteiger partial charge in [-0.3, -0.25) is 0 Å². The first-order valence-corrected chi connectivity index (χ1v) is 13.5. The van der Waals surface area contributed by atoms with Gasteiger partial charge in [-0.1, -0.05) is 48.0 Å². The van der Waals surface area contributed by atoms with Crippen LogP contribution >= 0.6 is 11.3 Å². The number of alkyl halides is 3. The van der Waals surface area contributed by atoms with Crippen molar-refractivity contribution in [3.63, 3.8) is 0 Å². The van der Waals surface area contributed by atoms with Crippen LogP contribution in [0, 0.1) is 6.92 Å². The Morgan fingerprint density at radius 1 is 1.06 bits per heavy atom. The largest absolute Gasteiger partial charge is 0.421 e. The van der Waals surface area contributed by atoms with Gasteiger partial charge in [-0.15, -0.1) is 11.3 Å². The van der Waals surface area contributed by atoms with Crippen molar-refractivity contribution in [3.8, 4) is 0 Å². The molecular formula is C25H27F3N2O3S2. The molecule has 2 heterocycles. The topological polar surface area (TPSA) is 60.9 Å². The molecule has 5 nitrogen and oxygen atoms in total. The number of nitrogens with zero attached hydrogens (tertiary/aromatic N) is 2. The Morgan fingerprint density at radius 2 is 1.77 bits per heavy atom. The first-order chi connectivity index (χ1) is 16.4. The molecule has 1 aromatic heterocycles. The Bertz CT molecular complexity index is 1260. The van der Waals surface area contributed by atoms with E-state index in [4.69, 9.17) is 0 Å². The van der Waals surface area contributed by atoms with Crippen molar-refractivity contribution < 1.29 is 26.7 Å². The van der Waals surface area contributed by atoms with E-state index in [-0.39, 0.29) is 24.7 Å². The zero-order chi connectivity index (χ0) is 25.4. The van der Waals surface area contributed by atoms with E-state index in [0.717, 1.165) is 18.1 Å². The quantitative estimate of drug-likeness (QED) is 0.496. The first-order valence-electron chi connectivity index (χ1n) is 11.1. The average molecular weight is 525 g/mol. The molecule has 35 heavy (non-hydrogen) atoms. The molecule has 1 aliphatic heterocycles. The standard InChI is InChI=1S/C25H27F3N2O3S2/c1-18-5-3-6-19(15-18)16-22-17-29(35(32,33)23-7-4-14-34-23)12-13-30(22)21-10-8-20(9-11-21)24(2,31)25(26,27)28/h3-11,14-15,22,31H,12-13,16-17H2,1-2H3. The van der Waals surface area contributed by atoms with Crippen LogP contribution in [0.3, 0.4) is 0 Å². The highest BCUT2D eigenvalue weighted by Crippen LogP contribution is 2.39.